The predicted molar refractivity (Wildman–Crippen MR) is 38.3 cm³/mol. The van der Waals surface area contributed by atoms with E-state index in [9.17, 15) is 9.59 Å². The monoisotopic (exact) mass is 156 g/mol. The number of carbonyl (C=O) groups excluding carboxylic acids is 2. The molecule has 0 heterocycles. The van der Waals surface area contributed by atoms with Gasteiger partial charge in [-0.05, 0) is 12.6 Å². The Morgan fingerprint density at radius 2 is 1.70 bits per heavy atom. The summed E-state index contributed by atoms with van der Waals surface area (Å²) in [7, 11) is -2.32. The standard InChI is InChI=1S/C5H8N2O2Si/c1-3-10(2,6-4-8)7-5-9/h3H2,1-2H3. The molecule has 0 rings (SSSR count). The Morgan fingerprint density at radius 3 is 1.90 bits per heavy atom. The summed E-state index contributed by atoms with van der Waals surface area (Å²) in [6.45, 7) is 3.52. The highest BCUT2D eigenvalue weighted by molar-refractivity contribution is 6.76. The van der Waals surface area contributed by atoms with Crippen LogP contribution in [-0.4, -0.2) is 20.6 Å². The van der Waals surface area contributed by atoms with Crippen molar-refractivity contribution in [3.63, 3.8) is 0 Å². The van der Waals surface area contributed by atoms with Gasteiger partial charge in [-0.3, -0.25) is 0 Å². The number of rotatable bonds is 3. The smallest absolute Gasteiger partial charge is 0.219 e. The van der Waals surface area contributed by atoms with Crippen molar-refractivity contribution in [2.45, 2.75) is 19.5 Å². The first kappa shape index (κ1) is 8.98. The summed E-state index contributed by atoms with van der Waals surface area (Å²) in [5.74, 6) is 0. The van der Waals surface area contributed by atoms with Gasteiger partial charge >= 0.3 is 8.40 Å². The summed E-state index contributed by atoms with van der Waals surface area (Å²) in [6, 6.07) is 0.622. The van der Waals surface area contributed by atoms with Crippen LogP contribution < -0.4 is 0 Å². The van der Waals surface area contributed by atoms with Gasteiger partial charge < -0.3 is 0 Å². The maximum atomic E-state index is 9.81. The summed E-state index contributed by atoms with van der Waals surface area (Å²) >= 11 is 0. The Balaban J connectivity index is 4.52. The summed E-state index contributed by atoms with van der Waals surface area (Å²) in [4.78, 5) is 19.6. The second-order valence-corrected chi connectivity index (χ2v) is 5.57. The molecule has 0 aliphatic carbocycles. The molecule has 0 saturated carbocycles. The maximum Gasteiger partial charge on any atom is 0.328 e. The van der Waals surface area contributed by atoms with Crippen LogP contribution in [0.1, 0.15) is 6.92 Å². The average molecular weight is 156 g/mol. The lowest BCUT2D eigenvalue weighted by atomic mass is 11.0. The zero-order valence-electron chi connectivity index (χ0n) is 5.92. The highest BCUT2D eigenvalue weighted by atomic mass is 28.3. The number of nitrogens with zero attached hydrogens (tertiary/aromatic N) is 2. The molecule has 0 aliphatic heterocycles. The van der Waals surface area contributed by atoms with Crippen LogP contribution in [0.4, 0.5) is 0 Å². The zero-order chi connectivity index (χ0) is 8.04. The van der Waals surface area contributed by atoms with E-state index >= 15 is 0 Å². The van der Waals surface area contributed by atoms with E-state index in [-0.39, 0.29) is 0 Å². The topological polar surface area (TPSA) is 58.9 Å². The van der Waals surface area contributed by atoms with E-state index in [0.29, 0.717) is 6.04 Å². The van der Waals surface area contributed by atoms with E-state index in [1.807, 2.05) is 6.92 Å². The number of hydrogen-bond acceptors (Lipinski definition) is 4. The molecule has 0 fully saturated rings. The lowest BCUT2D eigenvalue weighted by molar-refractivity contribution is 0.565. The van der Waals surface area contributed by atoms with E-state index in [2.05, 4.69) is 9.32 Å². The third-order valence-electron chi connectivity index (χ3n) is 1.24. The average Bonchev–Trinajstić information content (AvgIpc) is 1.89. The van der Waals surface area contributed by atoms with Gasteiger partial charge in [-0.15, -0.1) is 0 Å². The van der Waals surface area contributed by atoms with Gasteiger partial charge in [0.1, 0.15) is 0 Å². The lowest BCUT2D eigenvalue weighted by Crippen LogP contribution is -2.23. The number of isocyanates is 2. The molecule has 0 aliphatic rings. The van der Waals surface area contributed by atoms with E-state index in [0.717, 1.165) is 0 Å². The van der Waals surface area contributed by atoms with Crippen molar-refractivity contribution in [2.24, 2.45) is 9.32 Å². The lowest BCUT2D eigenvalue weighted by Gasteiger charge is -2.06. The number of hydrogen-bond donors (Lipinski definition) is 0. The highest BCUT2D eigenvalue weighted by Gasteiger charge is 2.24. The van der Waals surface area contributed by atoms with E-state index < -0.39 is 8.40 Å². The molecule has 0 atom stereocenters. The molecular formula is C5H8N2O2Si. The van der Waals surface area contributed by atoms with Crippen molar-refractivity contribution in [1.82, 2.24) is 0 Å². The molecule has 0 saturated heterocycles. The Labute approximate surface area is 59.9 Å². The zero-order valence-corrected chi connectivity index (χ0v) is 6.92. The fourth-order valence-corrected chi connectivity index (χ4v) is 1.14. The van der Waals surface area contributed by atoms with Crippen LogP contribution in [0.2, 0.25) is 12.6 Å². The van der Waals surface area contributed by atoms with Gasteiger partial charge in [0, 0.05) is 0 Å². The van der Waals surface area contributed by atoms with Crippen LogP contribution in [0, 0.1) is 0 Å². The molecule has 0 radical (unpaired) electrons. The largest absolute Gasteiger partial charge is 0.328 e. The fraction of sp³-hybridized carbons (Fsp3) is 0.600. The van der Waals surface area contributed by atoms with Crippen molar-refractivity contribution in [3.8, 4) is 0 Å². The minimum atomic E-state index is -2.32. The Bertz CT molecular complexity index is 186. The van der Waals surface area contributed by atoms with Gasteiger partial charge in [0.05, 0.1) is 0 Å². The van der Waals surface area contributed by atoms with Crippen molar-refractivity contribution in [3.05, 3.63) is 0 Å². The molecule has 0 unspecified atom stereocenters. The second-order valence-electron chi connectivity index (χ2n) is 1.98. The Morgan fingerprint density at radius 1 is 1.30 bits per heavy atom. The molecule has 54 valence electrons. The molecule has 0 aromatic heterocycles. The van der Waals surface area contributed by atoms with Crippen molar-refractivity contribution < 1.29 is 9.59 Å². The van der Waals surface area contributed by atoms with E-state index in [4.69, 9.17) is 0 Å². The van der Waals surface area contributed by atoms with Crippen molar-refractivity contribution >= 4 is 20.6 Å². The van der Waals surface area contributed by atoms with Crippen molar-refractivity contribution in [2.75, 3.05) is 0 Å². The van der Waals surface area contributed by atoms with Crippen LogP contribution >= 0.6 is 0 Å². The molecule has 10 heavy (non-hydrogen) atoms. The molecule has 0 aromatic rings. The summed E-state index contributed by atoms with van der Waals surface area (Å²) < 4.78 is 6.94. The normalized spacial score (nSPS) is 14.2. The van der Waals surface area contributed by atoms with Gasteiger partial charge in [-0.1, -0.05) is 6.92 Å². The van der Waals surface area contributed by atoms with Gasteiger partial charge in [0.15, 0.2) is 0 Å². The fourth-order valence-electron chi connectivity index (χ4n) is 0.380. The second kappa shape index (κ2) is 3.90. The Hall–Kier alpha value is -1.02. The quantitative estimate of drug-likeness (QED) is 0.344. The van der Waals surface area contributed by atoms with Gasteiger partial charge in [0.2, 0.25) is 12.2 Å². The summed E-state index contributed by atoms with van der Waals surface area (Å²) in [6.07, 6.45) is 2.82. The minimum absolute atomic E-state index is 0.622. The maximum absolute atomic E-state index is 9.81. The minimum Gasteiger partial charge on any atom is -0.219 e. The van der Waals surface area contributed by atoms with Gasteiger partial charge in [-0.25, -0.2) is 18.9 Å². The first-order valence-corrected chi connectivity index (χ1v) is 5.46. The molecule has 5 heteroatoms. The van der Waals surface area contributed by atoms with Crippen LogP contribution in [0.3, 0.4) is 0 Å². The molecule has 0 amide bonds. The first-order chi connectivity index (χ1) is 4.68. The van der Waals surface area contributed by atoms with Gasteiger partial charge in [0.25, 0.3) is 0 Å². The summed E-state index contributed by atoms with van der Waals surface area (Å²) in [5.41, 5.74) is 0. The van der Waals surface area contributed by atoms with Gasteiger partial charge in [-0.2, -0.15) is 0 Å². The SMILES string of the molecule is CC[Si](C)(N=C=O)N=C=O. The Kier molecular flexibility index (Phi) is 3.50. The van der Waals surface area contributed by atoms with Crippen LogP contribution in [0.15, 0.2) is 9.32 Å². The summed E-state index contributed by atoms with van der Waals surface area (Å²) in [5, 5.41) is 0. The molecular weight excluding hydrogens is 148 g/mol. The first-order valence-electron chi connectivity index (χ1n) is 2.86. The molecule has 0 spiro atoms. The van der Waals surface area contributed by atoms with Crippen molar-refractivity contribution in [1.29, 1.82) is 0 Å². The molecule has 4 nitrogen and oxygen atoms in total. The van der Waals surface area contributed by atoms with E-state index in [1.165, 1.54) is 12.2 Å². The highest BCUT2D eigenvalue weighted by Crippen LogP contribution is 2.09. The molecule has 0 bridgehead atoms. The predicted octanol–water partition coefficient (Wildman–Crippen LogP) is 0.750. The third-order valence-corrected chi connectivity index (χ3v) is 3.73. The van der Waals surface area contributed by atoms with Crippen LogP contribution in [0.5, 0.6) is 0 Å². The molecule has 0 N–H and O–H groups in total. The van der Waals surface area contributed by atoms with Crippen LogP contribution in [-0.2, 0) is 9.59 Å². The van der Waals surface area contributed by atoms with Crippen LogP contribution in [0.25, 0.3) is 0 Å². The molecule has 0 aromatic carbocycles. The van der Waals surface area contributed by atoms with E-state index in [1.54, 1.807) is 6.55 Å². The third kappa shape index (κ3) is 2.50.